The lowest BCUT2D eigenvalue weighted by Crippen LogP contribution is -2.35. The molecule has 0 bridgehead atoms. The number of nitrogens with zero attached hydrogens (tertiary/aromatic N) is 3. The molecule has 1 saturated heterocycles. The van der Waals surface area contributed by atoms with Gasteiger partial charge in [0.05, 0.1) is 11.3 Å². The number of hydrogen-bond acceptors (Lipinski definition) is 3. The smallest absolute Gasteiger partial charge is 0.256 e. The van der Waals surface area contributed by atoms with Gasteiger partial charge in [-0.2, -0.15) is 0 Å². The number of nitrogens with one attached hydrogen (secondary N) is 1. The zero-order chi connectivity index (χ0) is 22.1. The number of hydrogen-bond donors (Lipinski definition) is 1. The topological polar surface area (TPSA) is 52.2 Å². The van der Waals surface area contributed by atoms with Gasteiger partial charge in [-0.05, 0) is 49.7 Å². The summed E-state index contributed by atoms with van der Waals surface area (Å²) in [6.45, 7) is 5.07. The first-order valence-electron chi connectivity index (χ1n) is 10.9. The van der Waals surface area contributed by atoms with Gasteiger partial charge in [0.15, 0.2) is 0 Å². The lowest BCUT2D eigenvalue weighted by Gasteiger charge is -2.23. The second-order valence-corrected chi connectivity index (χ2v) is 8.69. The first kappa shape index (κ1) is 20.6. The number of amides is 1. The maximum atomic E-state index is 13.9. The zero-order valence-electron chi connectivity index (χ0n) is 18.0. The number of halogens is 1. The van der Waals surface area contributed by atoms with Gasteiger partial charge in [-0.1, -0.05) is 41.4 Å². The van der Waals surface area contributed by atoms with E-state index in [1.165, 1.54) is 0 Å². The van der Waals surface area contributed by atoms with Gasteiger partial charge in [-0.3, -0.25) is 4.79 Å². The van der Waals surface area contributed by atoms with E-state index in [0.717, 1.165) is 65.2 Å². The summed E-state index contributed by atoms with van der Waals surface area (Å²) in [6.07, 6.45) is 2.71. The largest absolute Gasteiger partial charge is 0.355 e. The predicted octanol–water partition coefficient (Wildman–Crippen LogP) is 5.54. The SMILES string of the molecule is Cc1ccc2[nH]c(-c3cccc(Cl)c3)c(C(=O)N3CCCN(c4ccccn4)CC3)c2c1. The monoisotopic (exact) mass is 444 g/mol. The highest BCUT2D eigenvalue weighted by Crippen LogP contribution is 2.33. The lowest BCUT2D eigenvalue weighted by molar-refractivity contribution is 0.0770. The van der Waals surface area contributed by atoms with Crippen molar-refractivity contribution >= 4 is 34.2 Å². The normalized spacial score (nSPS) is 14.6. The van der Waals surface area contributed by atoms with Crippen molar-refractivity contribution in [3.63, 3.8) is 0 Å². The third kappa shape index (κ3) is 3.96. The Kier molecular flexibility index (Phi) is 5.58. The molecule has 0 unspecified atom stereocenters. The van der Waals surface area contributed by atoms with Crippen LogP contribution in [-0.2, 0) is 0 Å². The Morgan fingerprint density at radius 2 is 1.91 bits per heavy atom. The number of rotatable bonds is 3. The molecule has 3 heterocycles. The third-order valence-electron chi connectivity index (χ3n) is 6.04. The predicted molar refractivity (Wildman–Crippen MR) is 130 cm³/mol. The fourth-order valence-electron chi connectivity index (χ4n) is 4.44. The molecule has 1 N–H and O–H groups in total. The summed E-state index contributed by atoms with van der Waals surface area (Å²) in [5, 5.41) is 1.60. The molecule has 4 aromatic rings. The van der Waals surface area contributed by atoms with Gasteiger partial charge in [0.1, 0.15) is 5.82 Å². The molecule has 0 saturated carbocycles. The Morgan fingerprint density at radius 3 is 2.72 bits per heavy atom. The van der Waals surface area contributed by atoms with E-state index in [9.17, 15) is 4.79 Å². The van der Waals surface area contributed by atoms with Crippen molar-refractivity contribution in [2.24, 2.45) is 0 Å². The van der Waals surface area contributed by atoms with Crippen molar-refractivity contribution in [3.8, 4) is 11.3 Å². The fraction of sp³-hybridized carbons (Fsp3) is 0.231. The van der Waals surface area contributed by atoms with Gasteiger partial charge in [0.25, 0.3) is 5.91 Å². The number of aromatic nitrogens is 2. The van der Waals surface area contributed by atoms with E-state index in [2.05, 4.69) is 33.9 Å². The first-order chi connectivity index (χ1) is 15.6. The van der Waals surface area contributed by atoms with Crippen molar-refractivity contribution < 1.29 is 4.79 Å². The second-order valence-electron chi connectivity index (χ2n) is 8.26. The van der Waals surface area contributed by atoms with E-state index in [1.54, 1.807) is 0 Å². The number of pyridine rings is 1. The van der Waals surface area contributed by atoms with Crippen molar-refractivity contribution in [1.29, 1.82) is 0 Å². The summed E-state index contributed by atoms with van der Waals surface area (Å²) in [6, 6.07) is 19.8. The minimum Gasteiger partial charge on any atom is -0.355 e. The third-order valence-corrected chi connectivity index (χ3v) is 6.27. The first-order valence-corrected chi connectivity index (χ1v) is 11.3. The number of aryl methyl sites for hydroxylation is 1. The lowest BCUT2D eigenvalue weighted by atomic mass is 10.0. The van der Waals surface area contributed by atoms with Crippen LogP contribution in [0.25, 0.3) is 22.2 Å². The van der Waals surface area contributed by atoms with Gasteiger partial charge in [0.2, 0.25) is 0 Å². The van der Waals surface area contributed by atoms with Gasteiger partial charge in [-0.15, -0.1) is 0 Å². The van der Waals surface area contributed by atoms with Crippen LogP contribution in [0.5, 0.6) is 0 Å². The van der Waals surface area contributed by atoms with Crippen molar-refractivity contribution in [1.82, 2.24) is 14.9 Å². The molecule has 2 aromatic heterocycles. The molecule has 1 amide bonds. The van der Waals surface area contributed by atoms with Gasteiger partial charge in [0, 0.05) is 53.9 Å². The van der Waals surface area contributed by atoms with Gasteiger partial charge in [-0.25, -0.2) is 4.98 Å². The van der Waals surface area contributed by atoms with Crippen molar-refractivity contribution in [2.45, 2.75) is 13.3 Å². The fourth-order valence-corrected chi connectivity index (χ4v) is 4.63. The Balaban J connectivity index is 1.51. The Hall–Kier alpha value is -3.31. The van der Waals surface area contributed by atoms with E-state index in [4.69, 9.17) is 11.6 Å². The van der Waals surface area contributed by atoms with Crippen LogP contribution in [0.3, 0.4) is 0 Å². The molecule has 1 aliphatic rings. The summed E-state index contributed by atoms with van der Waals surface area (Å²) in [5.74, 6) is 1.02. The molecule has 0 aliphatic carbocycles. The molecule has 6 heteroatoms. The molecule has 32 heavy (non-hydrogen) atoms. The molecule has 5 rings (SSSR count). The van der Waals surface area contributed by atoms with Gasteiger partial charge < -0.3 is 14.8 Å². The van der Waals surface area contributed by atoms with Crippen LogP contribution in [-0.4, -0.2) is 47.0 Å². The number of carbonyl (C=O) groups is 1. The summed E-state index contributed by atoms with van der Waals surface area (Å²) < 4.78 is 0. The van der Waals surface area contributed by atoms with E-state index in [0.29, 0.717) is 11.6 Å². The molecule has 0 radical (unpaired) electrons. The van der Waals surface area contributed by atoms with Crippen molar-refractivity contribution in [2.75, 3.05) is 31.1 Å². The summed E-state index contributed by atoms with van der Waals surface area (Å²) in [5.41, 5.74) is 4.54. The Bertz CT molecular complexity index is 1270. The van der Waals surface area contributed by atoms with Gasteiger partial charge >= 0.3 is 0 Å². The quantitative estimate of drug-likeness (QED) is 0.451. The number of H-pyrrole nitrogens is 1. The molecule has 162 valence electrons. The summed E-state index contributed by atoms with van der Waals surface area (Å²) in [7, 11) is 0. The molecule has 1 fully saturated rings. The average molecular weight is 445 g/mol. The number of aromatic amines is 1. The standard InChI is InChI=1S/C26H25ClN4O/c1-18-9-10-22-21(16-18)24(25(29-22)19-6-4-7-20(27)17-19)26(32)31-13-5-12-30(14-15-31)23-8-2-3-11-28-23/h2-4,6-11,16-17,29H,5,12-15H2,1H3. The van der Waals surface area contributed by atoms with Crippen LogP contribution in [0.15, 0.2) is 66.9 Å². The number of benzene rings is 2. The Morgan fingerprint density at radius 1 is 1.00 bits per heavy atom. The van der Waals surface area contributed by atoms with Crippen LogP contribution < -0.4 is 4.90 Å². The van der Waals surface area contributed by atoms with E-state index in [1.807, 2.05) is 59.6 Å². The van der Waals surface area contributed by atoms with E-state index < -0.39 is 0 Å². The van der Waals surface area contributed by atoms with Crippen LogP contribution in [0.4, 0.5) is 5.82 Å². The average Bonchev–Trinajstić information content (AvgIpc) is 3.00. The molecule has 1 aliphatic heterocycles. The molecule has 0 atom stereocenters. The summed E-state index contributed by atoms with van der Waals surface area (Å²) in [4.78, 5) is 26.1. The second kappa shape index (κ2) is 8.67. The van der Waals surface area contributed by atoms with Crippen LogP contribution >= 0.6 is 11.6 Å². The highest BCUT2D eigenvalue weighted by Gasteiger charge is 2.26. The van der Waals surface area contributed by atoms with Crippen molar-refractivity contribution in [3.05, 3.63) is 83.0 Å². The minimum atomic E-state index is 0.0553. The van der Waals surface area contributed by atoms with E-state index >= 15 is 0 Å². The molecular weight excluding hydrogens is 420 g/mol. The molecule has 2 aromatic carbocycles. The zero-order valence-corrected chi connectivity index (χ0v) is 18.8. The molecule has 5 nitrogen and oxygen atoms in total. The Labute approximate surface area is 192 Å². The summed E-state index contributed by atoms with van der Waals surface area (Å²) >= 11 is 6.27. The van der Waals surface area contributed by atoms with Crippen LogP contribution in [0.2, 0.25) is 5.02 Å². The number of fused-ring (bicyclic) bond motifs is 1. The highest BCUT2D eigenvalue weighted by atomic mass is 35.5. The maximum Gasteiger partial charge on any atom is 0.256 e. The van der Waals surface area contributed by atoms with Crippen LogP contribution in [0, 0.1) is 6.92 Å². The minimum absolute atomic E-state index is 0.0553. The number of carbonyl (C=O) groups excluding carboxylic acids is 1. The number of anilines is 1. The van der Waals surface area contributed by atoms with E-state index in [-0.39, 0.29) is 5.91 Å². The molecular formula is C26H25ClN4O. The molecule has 0 spiro atoms. The van der Waals surface area contributed by atoms with Crippen LogP contribution in [0.1, 0.15) is 22.3 Å². The maximum absolute atomic E-state index is 13.9. The highest BCUT2D eigenvalue weighted by molar-refractivity contribution is 6.31.